The van der Waals surface area contributed by atoms with Crippen LogP contribution in [0, 0.1) is 6.92 Å². The van der Waals surface area contributed by atoms with Crippen LogP contribution in [-0.2, 0) is 26.2 Å². The average molecular weight is 334 g/mol. The van der Waals surface area contributed by atoms with Crippen molar-refractivity contribution in [2.75, 3.05) is 0 Å². The molecule has 0 aliphatic carbocycles. The molecule has 14 heavy (non-hydrogen) atoms. The van der Waals surface area contributed by atoms with Gasteiger partial charge in [-0.2, -0.15) is 24.6 Å². The maximum atomic E-state index is 3.68. The first-order valence-corrected chi connectivity index (χ1v) is 3.87. The van der Waals surface area contributed by atoms with Crippen LogP contribution in [0.1, 0.15) is 26.2 Å². The minimum Gasteiger partial charge on any atom is -1.00 e. The monoisotopic (exact) mass is 331 g/mol. The molecule has 0 N–H and O–H groups in total. The molecule has 0 unspecified atom stereocenters. The molecule has 0 nitrogen and oxygen atoms in total. The van der Waals surface area contributed by atoms with Crippen molar-refractivity contribution >= 4 is 0 Å². The minimum atomic E-state index is 0. The molecule has 0 fully saturated rings. The van der Waals surface area contributed by atoms with Gasteiger partial charge in [-0.1, -0.05) is 19.8 Å². The van der Waals surface area contributed by atoms with Gasteiger partial charge in [0.1, 0.15) is 0 Å². The third-order valence-corrected chi connectivity index (χ3v) is 1.16. The van der Waals surface area contributed by atoms with Gasteiger partial charge in [0.05, 0.1) is 0 Å². The van der Waals surface area contributed by atoms with E-state index in [1.165, 1.54) is 12.8 Å². The average Bonchev–Trinajstić information content (AvgIpc) is 2.44. The Morgan fingerprint density at radius 1 is 1.07 bits per heavy atom. The number of halogens is 3. The van der Waals surface area contributed by atoms with E-state index in [1.54, 1.807) is 0 Å². The van der Waals surface area contributed by atoms with Crippen LogP contribution in [0.5, 0.6) is 0 Å². The smallest absolute Gasteiger partial charge is 1.00 e. The van der Waals surface area contributed by atoms with Crippen LogP contribution in [-0.4, -0.2) is 0 Å². The Labute approximate surface area is 126 Å². The fourth-order valence-electron chi connectivity index (χ4n) is 0.571. The van der Waals surface area contributed by atoms with Crippen molar-refractivity contribution < 1.29 is 63.4 Å². The minimum absolute atomic E-state index is 0. The molecule has 1 rings (SSSR count). The van der Waals surface area contributed by atoms with Crippen molar-refractivity contribution in [1.29, 1.82) is 0 Å². The summed E-state index contributed by atoms with van der Waals surface area (Å²) in [5.74, 6) is 0. The summed E-state index contributed by atoms with van der Waals surface area (Å²) in [7, 11) is 0. The summed E-state index contributed by atoms with van der Waals surface area (Å²) in [6.07, 6.45) is 3.65. The summed E-state index contributed by atoms with van der Waals surface area (Å²) >= 11 is 0. The Morgan fingerprint density at radius 3 is 1.57 bits per heavy atom. The van der Waals surface area contributed by atoms with Crippen molar-refractivity contribution in [3.63, 3.8) is 0 Å². The van der Waals surface area contributed by atoms with Gasteiger partial charge in [0.15, 0.2) is 0 Å². The van der Waals surface area contributed by atoms with Gasteiger partial charge in [-0.3, -0.25) is 0 Å². The quantitative estimate of drug-likeness (QED) is 0.474. The van der Waals surface area contributed by atoms with Crippen LogP contribution in [0.2, 0.25) is 0 Å². The molecule has 0 aliphatic rings. The molecule has 0 aliphatic heterocycles. The third kappa shape index (κ3) is 29.2. The van der Waals surface area contributed by atoms with Crippen LogP contribution >= 0.6 is 0 Å². The first-order valence-electron chi connectivity index (χ1n) is 3.87. The largest absolute Gasteiger partial charge is 3.00 e. The van der Waals surface area contributed by atoms with Gasteiger partial charge in [-0.15, -0.1) is 0 Å². The van der Waals surface area contributed by atoms with E-state index in [4.69, 9.17) is 0 Å². The predicted octanol–water partition coefficient (Wildman–Crippen LogP) is -5.57. The van der Waals surface area contributed by atoms with Crippen molar-refractivity contribution in [1.82, 2.24) is 0 Å². The van der Waals surface area contributed by atoms with E-state index in [2.05, 4.69) is 13.8 Å². The SMILES string of the molecule is [CH2-]CCCC.[Cl-].[Cl-].[Cl-].[Zr+3].c1cc[cH-]c1. The molecule has 83 valence electrons. The molecule has 4 heteroatoms. The summed E-state index contributed by atoms with van der Waals surface area (Å²) in [5.41, 5.74) is 0. The maximum absolute atomic E-state index is 3.68. The Bertz CT molecular complexity index is 102. The molecule has 0 saturated carbocycles. The number of hydrogen-bond acceptors (Lipinski definition) is 0. The van der Waals surface area contributed by atoms with Crippen molar-refractivity contribution in [3.8, 4) is 0 Å². The van der Waals surface area contributed by atoms with Crippen LogP contribution in [0.4, 0.5) is 0 Å². The third-order valence-electron chi connectivity index (χ3n) is 1.16. The van der Waals surface area contributed by atoms with E-state index in [-0.39, 0.29) is 63.4 Å². The van der Waals surface area contributed by atoms with Crippen molar-refractivity contribution in [3.05, 3.63) is 37.3 Å². The Kier molecular flexibility index (Phi) is 61.4. The number of rotatable bonds is 2. The topological polar surface area (TPSA) is 0 Å². The van der Waals surface area contributed by atoms with E-state index in [9.17, 15) is 0 Å². The maximum Gasteiger partial charge on any atom is 3.00 e. The Balaban J connectivity index is -0.0000000300. The van der Waals surface area contributed by atoms with Gasteiger partial charge in [0, 0.05) is 0 Å². The zero-order valence-corrected chi connectivity index (χ0v) is 13.1. The summed E-state index contributed by atoms with van der Waals surface area (Å²) in [5, 5.41) is 0. The summed E-state index contributed by atoms with van der Waals surface area (Å²) in [6.45, 7) is 5.85. The van der Waals surface area contributed by atoms with Gasteiger partial charge < -0.3 is 44.1 Å². The molecular formula is C10H16Cl3Zr-2. The second-order valence-electron chi connectivity index (χ2n) is 2.17. The van der Waals surface area contributed by atoms with E-state index in [1.807, 2.05) is 30.3 Å². The molecule has 0 heterocycles. The summed E-state index contributed by atoms with van der Waals surface area (Å²) in [6, 6.07) is 10.0. The molecule has 1 aromatic carbocycles. The molecule has 0 spiro atoms. The fourth-order valence-corrected chi connectivity index (χ4v) is 0.571. The van der Waals surface area contributed by atoms with Gasteiger partial charge in [-0.05, 0) is 0 Å². The van der Waals surface area contributed by atoms with Crippen molar-refractivity contribution in [2.24, 2.45) is 0 Å². The standard InChI is InChI=1S/C5H5.C5H11.3ClH.Zr/c1-2-4-5-3-1;1-3-5-4-2;;;;/h1-5H;1,3-5H2,2H3;3*1H;/q2*-1;;;;+3/p-3. The van der Waals surface area contributed by atoms with Crippen LogP contribution in [0.3, 0.4) is 0 Å². The van der Waals surface area contributed by atoms with Crippen molar-refractivity contribution in [2.45, 2.75) is 26.2 Å². The van der Waals surface area contributed by atoms with Gasteiger partial charge in [-0.25, -0.2) is 12.1 Å². The van der Waals surface area contributed by atoms with Gasteiger partial charge in [0.2, 0.25) is 0 Å². The Hall–Kier alpha value is 1.10. The van der Waals surface area contributed by atoms with Gasteiger partial charge >= 0.3 is 26.2 Å². The first kappa shape index (κ1) is 29.4. The molecule has 0 amide bonds. The van der Waals surface area contributed by atoms with E-state index < -0.39 is 0 Å². The van der Waals surface area contributed by atoms with E-state index in [0.29, 0.717) is 0 Å². The first-order chi connectivity index (χ1) is 4.91. The number of unbranched alkanes of at least 4 members (excludes halogenated alkanes) is 2. The molecule has 1 radical (unpaired) electrons. The normalized spacial score (nSPS) is 5.86. The Morgan fingerprint density at radius 2 is 1.50 bits per heavy atom. The summed E-state index contributed by atoms with van der Waals surface area (Å²) < 4.78 is 0. The molecular weight excluding hydrogens is 318 g/mol. The molecule has 0 saturated heterocycles. The molecule has 0 bridgehead atoms. The summed E-state index contributed by atoms with van der Waals surface area (Å²) in [4.78, 5) is 0. The second kappa shape index (κ2) is 29.2. The predicted molar refractivity (Wildman–Crippen MR) is 46.9 cm³/mol. The zero-order valence-electron chi connectivity index (χ0n) is 8.35. The number of hydrogen-bond donors (Lipinski definition) is 0. The zero-order chi connectivity index (χ0) is 7.66. The molecule has 1 aromatic rings. The van der Waals surface area contributed by atoms with Crippen LogP contribution in [0.15, 0.2) is 30.3 Å². The van der Waals surface area contributed by atoms with Gasteiger partial charge in [0.25, 0.3) is 0 Å². The van der Waals surface area contributed by atoms with Crippen LogP contribution in [0.25, 0.3) is 0 Å². The fraction of sp³-hybridized carbons (Fsp3) is 0.400. The van der Waals surface area contributed by atoms with E-state index in [0.717, 1.165) is 6.42 Å². The molecule has 0 aromatic heterocycles. The molecule has 0 atom stereocenters. The van der Waals surface area contributed by atoms with Crippen LogP contribution < -0.4 is 37.2 Å². The van der Waals surface area contributed by atoms with E-state index >= 15 is 0 Å². The second-order valence-corrected chi connectivity index (χ2v) is 2.17.